The number of nitrogens with zero attached hydrogens (tertiary/aromatic N) is 3. The topological polar surface area (TPSA) is 58.1 Å². The lowest BCUT2D eigenvalue weighted by atomic mass is 9.94. The summed E-state index contributed by atoms with van der Waals surface area (Å²) in [7, 11) is 0. The molecule has 1 aromatic heterocycles. The molecule has 7 heteroatoms. The van der Waals surface area contributed by atoms with Crippen molar-refractivity contribution in [3.05, 3.63) is 112 Å². The molecule has 1 N–H and O–H groups in total. The second-order valence-corrected chi connectivity index (χ2v) is 10.0. The van der Waals surface area contributed by atoms with Gasteiger partial charge in [0.05, 0.1) is 12.0 Å². The molecule has 3 aromatic carbocycles. The van der Waals surface area contributed by atoms with Crippen molar-refractivity contribution < 1.29 is 4.79 Å². The predicted molar refractivity (Wildman–Crippen MR) is 142 cm³/mol. The van der Waals surface area contributed by atoms with Crippen LogP contribution >= 0.6 is 23.1 Å². The molecule has 5 rings (SSSR count). The van der Waals surface area contributed by atoms with E-state index in [0.29, 0.717) is 13.0 Å². The van der Waals surface area contributed by atoms with Crippen LogP contribution in [0.1, 0.15) is 41.4 Å². The fourth-order valence-corrected chi connectivity index (χ4v) is 5.35. The Kier molecular flexibility index (Phi) is 7.40. The van der Waals surface area contributed by atoms with E-state index < -0.39 is 0 Å². The second-order valence-electron chi connectivity index (χ2n) is 8.84. The van der Waals surface area contributed by atoms with Gasteiger partial charge in [0, 0.05) is 36.1 Å². The van der Waals surface area contributed by atoms with Crippen LogP contribution in [0.15, 0.2) is 84.9 Å². The minimum absolute atomic E-state index is 0.0818. The first-order valence-corrected chi connectivity index (χ1v) is 13.0. The van der Waals surface area contributed by atoms with E-state index in [2.05, 4.69) is 38.9 Å². The third-order valence-electron chi connectivity index (χ3n) is 6.35. The minimum atomic E-state index is -0.173. The molecule has 0 aliphatic carbocycles. The molecule has 5 nitrogen and oxygen atoms in total. The van der Waals surface area contributed by atoms with E-state index in [4.69, 9.17) is 16.6 Å². The van der Waals surface area contributed by atoms with Gasteiger partial charge in [-0.05, 0) is 41.7 Å². The maximum absolute atomic E-state index is 13.4. The summed E-state index contributed by atoms with van der Waals surface area (Å²) < 4.78 is 4.56. The van der Waals surface area contributed by atoms with Crippen LogP contribution in [0.3, 0.4) is 0 Å². The van der Waals surface area contributed by atoms with Crippen LogP contribution in [-0.2, 0) is 11.2 Å². The van der Waals surface area contributed by atoms with Crippen LogP contribution in [0, 0.1) is 5.92 Å². The van der Waals surface area contributed by atoms with Crippen molar-refractivity contribution in [3.63, 3.8) is 0 Å². The summed E-state index contributed by atoms with van der Waals surface area (Å²) in [4.78, 5) is 20.4. The Morgan fingerprint density at radius 3 is 2.31 bits per heavy atom. The highest BCUT2D eigenvalue weighted by atomic mass is 35.5. The summed E-state index contributed by atoms with van der Waals surface area (Å²) in [5.41, 5.74) is 3.29. The molecule has 2 heterocycles. The van der Waals surface area contributed by atoms with E-state index in [-0.39, 0.29) is 17.9 Å². The zero-order chi connectivity index (χ0) is 24.0. The smallest absolute Gasteiger partial charge is 0.225 e. The summed E-state index contributed by atoms with van der Waals surface area (Å²) in [6, 6.07) is 27.9. The van der Waals surface area contributed by atoms with Crippen molar-refractivity contribution in [2.24, 2.45) is 5.92 Å². The number of aromatic nitrogens is 2. The third kappa shape index (κ3) is 5.89. The lowest BCUT2D eigenvalue weighted by Gasteiger charge is -2.32. The van der Waals surface area contributed by atoms with E-state index in [1.165, 1.54) is 11.5 Å². The van der Waals surface area contributed by atoms with Crippen LogP contribution in [-0.4, -0.2) is 28.4 Å². The fraction of sp³-hybridized carbons (Fsp3) is 0.250. The number of anilines is 1. The zero-order valence-electron chi connectivity index (χ0n) is 19.3. The van der Waals surface area contributed by atoms with Crippen LogP contribution in [0.25, 0.3) is 0 Å². The highest BCUT2D eigenvalue weighted by Gasteiger charge is 2.29. The summed E-state index contributed by atoms with van der Waals surface area (Å²) >= 11 is 7.40. The molecule has 0 radical (unpaired) electrons. The maximum Gasteiger partial charge on any atom is 0.225 e. The number of carbonyl (C=O) groups is 1. The molecule has 1 amide bonds. The van der Waals surface area contributed by atoms with E-state index in [9.17, 15) is 4.79 Å². The maximum atomic E-state index is 13.4. The van der Waals surface area contributed by atoms with E-state index >= 15 is 0 Å². The number of hydrogen-bond acceptors (Lipinski definition) is 5. The summed E-state index contributed by atoms with van der Waals surface area (Å²) in [5, 5.41) is 4.93. The van der Waals surface area contributed by atoms with Crippen molar-refractivity contribution in [1.82, 2.24) is 14.7 Å². The number of benzene rings is 3. The van der Waals surface area contributed by atoms with Crippen LogP contribution in [0.2, 0.25) is 5.02 Å². The number of hydrogen-bond donors (Lipinski definition) is 1. The predicted octanol–water partition coefficient (Wildman–Crippen LogP) is 5.90. The van der Waals surface area contributed by atoms with Gasteiger partial charge in [0.1, 0.15) is 5.82 Å². The molecule has 1 aliphatic rings. The molecule has 4 aromatic rings. The molecule has 1 atom stereocenters. The molecular weight excluding hydrogens is 476 g/mol. The van der Waals surface area contributed by atoms with Crippen molar-refractivity contribution in [3.8, 4) is 0 Å². The van der Waals surface area contributed by atoms with Crippen LogP contribution in [0.4, 0.5) is 5.13 Å². The molecule has 178 valence electrons. The average Bonchev–Trinajstić information content (AvgIpc) is 3.38. The molecule has 0 bridgehead atoms. The normalized spacial score (nSPS) is 15.8. The Hall–Kier alpha value is -3.22. The van der Waals surface area contributed by atoms with Gasteiger partial charge in [-0.1, -0.05) is 84.4 Å². The molecule has 1 fully saturated rings. The van der Waals surface area contributed by atoms with Crippen LogP contribution in [0.5, 0.6) is 0 Å². The largest absolute Gasteiger partial charge is 0.346 e. The van der Waals surface area contributed by atoms with Gasteiger partial charge in [-0.25, -0.2) is 4.98 Å². The van der Waals surface area contributed by atoms with Gasteiger partial charge in [-0.15, -0.1) is 0 Å². The summed E-state index contributed by atoms with van der Waals surface area (Å²) in [6.07, 6.45) is 2.49. The quantitative estimate of drug-likeness (QED) is 0.341. The molecule has 0 saturated carbocycles. The Morgan fingerprint density at radius 2 is 1.66 bits per heavy atom. The lowest BCUT2D eigenvalue weighted by molar-refractivity contribution is -0.125. The molecule has 1 saturated heterocycles. The number of rotatable bonds is 7. The zero-order valence-corrected chi connectivity index (χ0v) is 20.9. The first-order valence-electron chi connectivity index (χ1n) is 11.9. The first kappa shape index (κ1) is 23.5. The average molecular weight is 503 g/mol. The highest BCUT2D eigenvalue weighted by Crippen LogP contribution is 2.28. The van der Waals surface area contributed by atoms with Crippen molar-refractivity contribution in [2.45, 2.75) is 25.3 Å². The van der Waals surface area contributed by atoms with Crippen molar-refractivity contribution in [2.75, 3.05) is 18.0 Å². The monoisotopic (exact) mass is 502 g/mol. The highest BCUT2D eigenvalue weighted by molar-refractivity contribution is 7.09. The van der Waals surface area contributed by atoms with Gasteiger partial charge in [-0.2, -0.15) is 4.37 Å². The van der Waals surface area contributed by atoms with Gasteiger partial charge in [-0.3, -0.25) is 4.79 Å². The van der Waals surface area contributed by atoms with Crippen molar-refractivity contribution in [1.29, 1.82) is 0 Å². The van der Waals surface area contributed by atoms with E-state index in [1.54, 1.807) is 0 Å². The van der Waals surface area contributed by atoms with E-state index in [0.717, 1.165) is 52.1 Å². The molecule has 1 aliphatic heterocycles. The Balaban J connectivity index is 1.26. The number of piperidine rings is 1. The number of nitrogens with one attached hydrogen (secondary N) is 1. The number of carbonyl (C=O) groups excluding carboxylic acids is 1. The second kappa shape index (κ2) is 11.0. The van der Waals surface area contributed by atoms with Gasteiger partial charge in [0.2, 0.25) is 11.0 Å². The molecular formula is C28H27ClN4OS. The Labute approximate surface area is 215 Å². The number of halogens is 1. The van der Waals surface area contributed by atoms with Crippen LogP contribution < -0.4 is 10.2 Å². The third-order valence-corrected chi connectivity index (χ3v) is 7.41. The van der Waals surface area contributed by atoms with E-state index in [1.807, 2.05) is 60.7 Å². The minimum Gasteiger partial charge on any atom is -0.346 e. The number of amides is 1. The summed E-state index contributed by atoms with van der Waals surface area (Å²) in [5.74, 6) is 0.785. The van der Waals surface area contributed by atoms with Gasteiger partial charge < -0.3 is 10.2 Å². The Morgan fingerprint density at radius 1 is 1.00 bits per heavy atom. The van der Waals surface area contributed by atoms with Crippen molar-refractivity contribution >= 4 is 34.2 Å². The van der Waals surface area contributed by atoms with Gasteiger partial charge in [0.15, 0.2) is 0 Å². The van der Waals surface area contributed by atoms with Gasteiger partial charge >= 0.3 is 0 Å². The summed E-state index contributed by atoms with van der Waals surface area (Å²) in [6.45, 7) is 1.54. The SMILES string of the molecule is O=C(NC(c1ccccc1)c1ccccc1)C1CCCN(c2nc(Cc3ccc(Cl)cc3)ns2)C1. The fourth-order valence-electron chi connectivity index (χ4n) is 4.50. The Bertz CT molecular complexity index is 1210. The molecule has 35 heavy (non-hydrogen) atoms. The standard InChI is InChI=1S/C28H27ClN4OS/c29-24-15-13-20(14-16-24)18-25-30-28(35-32-25)33-17-7-12-23(19-33)27(34)31-26(21-8-3-1-4-9-21)22-10-5-2-6-11-22/h1-6,8-11,13-16,23,26H,7,12,17-19H2,(H,31,34). The lowest BCUT2D eigenvalue weighted by Crippen LogP contribution is -2.44. The first-order chi connectivity index (χ1) is 17.2. The van der Waals surface area contributed by atoms with Gasteiger partial charge in [0.25, 0.3) is 0 Å². The molecule has 0 spiro atoms. The molecule has 1 unspecified atom stereocenters.